The molecule has 2 aromatic rings. The highest BCUT2D eigenvalue weighted by atomic mass is 32.2. The van der Waals surface area contributed by atoms with Gasteiger partial charge in [-0.15, -0.1) is 0 Å². The summed E-state index contributed by atoms with van der Waals surface area (Å²) in [6, 6.07) is 9.38. The lowest BCUT2D eigenvalue weighted by atomic mass is 10.2. The van der Waals surface area contributed by atoms with E-state index in [0.717, 1.165) is 31.4 Å². The summed E-state index contributed by atoms with van der Waals surface area (Å²) in [6.45, 7) is 2.11. The van der Waals surface area contributed by atoms with Gasteiger partial charge in [-0.1, -0.05) is 12.5 Å². The monoisotopic (exact) mass is 434 g/mol. The number of halogens is 1. The van der Waals surface area contributed by atoms with Crippen LogP contribution in [0.5, 0.6) is 0 Å². The topological polar surface area (TPSA) is 92.8 Å². The molecule has 0 radical (unpaired) electrons. The van der Waals surface area contributed by atoms with Gasteiger partial charge in [0.25, 0.3) is 5.91 Å². The molecule has 1 saturated heterocycles. The minimum Gasteiger partial charge on any atom is -0.452 e. The van der Waals surface area contributed by atoms with Crippen LogP contribution in [0, 0.1) is 12.7 Å². The first-order valence-corrected chi connectivity index (χ1v) is 11.0. The number of carbonyl (C=O) groups is 2. The van der Waals surface area contributed by atoms with Crippen molar-refractivity contribution in [2.75, 3.05) is 25.0 Å². The predicted molar refractivity (Wildman–Crippen MR) is 109 cm³/mol. The molecule has 1 heterocycles. The molecule has 0 bridgehead atoms. The number of piperidine rings is 1. The van der Waals surface area contributed by atoms with Crippen LogP contribution in [0.15, 0.2) is 47.4 Å². The number of carbonyl (C=O) groups excluding carboxylic acids is 2. The third-order valence-corrected chi connectivity index (χ3v) is 6.86. The highest BCUT2D eigenvalue weighted by Crippen LogP contribution is 2.26. The molecule has 1 fully saturated rings. The third-order valence-electron chi connectivity index (χ3n) is 4.82. The van der Waals surface area contributed by atoms with Gasteiger partial charge in [-0.2, -0.15) is 4.31 Å². The number of sulfonamides is 1. The second kappa shape index (κ2) is 9.36. The number of benzene rings is 2. The minimum atomic E-state index is -3.65. The lowest BCUT2D eigenvalue weighted by Gasteiger charge is -2.26. The van der Waals surface area contributed by atoms with Gasteiger partial charge >= 0.3 is 5.97 Å². The van der Waals surface area contributed by atoms with Crippen molar-refractivity contribution in [2.45, 2.75) is 31.1 Å². The maximum atomic E-state index is 13.0. The van der Waals surface area contributed by atoms with Crippen molar-refractivity contribution in [3.8, 4) is 0 Å². The molecule has 160 valence electrons. The SMILES string of the molecule is Cc1ccc(NC(=O)COC(=O)c2ccc(F)cc2)cc1S(=O)(=O)N1CCCCC1. The van der Waals surface area contributed by atoms with Gasteiger partial charge in [0.05, 0.1) is 10.5 Å². The van der Waals surface area contributed by atoms with Gasteiger partial charge in [0, 0.05) is 18.8 Å². The Hall–Kier alpha value is -2.78. The lowest BCUT2D eigenvalue weighted by Crippen LogP contribution is -2.36. The fraction of sp³-hybridized carbons (Fsp3) is 0.333. The second-order valence-corrected chi connectivity index (χ2v) is 8.98. The number of hydrogen-bond acceptors (Lipinski definition) is 5. The Labute approximate surface area is 174 Å². The summed E-state index contributed by atoms with van der Waals surface area (Å²) >= 11 is 0. The van der Waals surface area contributed by atoms with Crippen molar-refractivity contribution in [3.05, 3.63) is 59.4 Å². The molecule has 30 heavy (non-hydrogen) atoms. The van der Waals surface area contributed by atoms with Gasteiger partial charge < -0.3 is 10.1 Å². The second-order valence-electron chi connectivity index (χ2n) is 7.08. The number of anilines is 1. The van der Waals surface area contributed by atoms with Crippen molar-refractivity contribution in [3.63, 3.8) is 0 Å². The molecular weight excluding hydrogens is 411 g/mol. The van der Waals surface area contributed by atoms with Crippen LogP contribution in [-0.4, -0.2) is 44.3 Å². The number of nitrogens with one attached hydrogen (secondary N) is 1. The Balaban J connectivity index is 1.65. The summed E-state index contributed by atoms with van der Waals surface area (Å²) in [5.74, 6) is -1.86. The van der Waals surface area contributed by atoms with E-state index in [-0.39, 0.29) is 10.5 Å². The first kappa shape index (κ1) is 21.9. The Morgan fingerprint density at radius 1 is 1.07 bits per heavy atom. The number of ether oxygens (including phenoxy) is 1. The zero-order valence-electron chi connectivity index (χ0n) is 16.6. The zero-order chi connectivity index (χ0) is 21.7. The Kier molecular flexibility index (Phi) is 6.84. The van der Waals surface area contributed by atoms with Crippen molar-refractivity contribution < 1.29 is 27.1 Å². The van der Waals surface area contributed by atoms with Crippen molar-refractivity contribution >= 4 is 27.6 Å². The van der Waals surface area contributed by atoms with Gasteiger partial charge in [-0.3, -0.25) is 4.79 Å². The molecular formula is C21H23FN2O5S. The molecule has 1 aliphatic heterocycles. The Morgan fingerprint density at radius 2 is 1.73 bits per heavy atom. The number of rotatable bonds is 6. The fourth-order valence-corrected chi connectivity index (χ4v) is 4.97. The van der Waals surface area contributed by atoms with Crippen molar-refractivity contribution in [2.24, 2.45) is 0 Å². The molecule has 2 aromatic carbocycles. The summed E-state index contributed by atoms with van der Waals surface area (Å²) in [5, 5.41) is 2.54. The van der Waals surface area contributed by atoms with Gasteiger partial charge in [0.15, 0.2) is 6.61 Å². The van der Waals surface area contributed by atoms with E-state index in [9.17, 15) is 22.4 Å². The molecule has 9 heteroatoms. The standard InChI is InChI=1S/C21H23FN2O5S/c1-15-5-10-18(13-19(15)30(27,28)24-11-3-2-4-12-24)23-20(25)14-29-21(26)16-6-8-17(22)9-7-16/h5-10,13H,2-4,11-12,14H2,1H3,(H,23,25). The molecule has 1 amide bonds. The van der Waals surface area contributed by atoms with Crippen molar-refractivity contribution in [1.82, 2.24) is 4.31 Å². The first-order chi connectivity index (χ1) is 14.3. The average molecular weight is 434 g/mol. The zero-order valence-corrected chi connectivity index (χ0v) is 17.4. The molecule has 1 aliphatic rings. The van der Waals surface area contributed by atoms with Crippen molar-refractivity contribution in [1.29, 1.82) is 0 Å². The smallest absolute Gasteiger partial charge is 0.338 e. The molecule has 0 aliphatic carbocycles. The molecule has 0 atom stereocenters. The number of esters is 1. The van der Waals surface area contributed by atoms with Crippen LogP contribution >= 0.6 is 0 Å². The van der Waals surface area contributed by atoms with E-state index in [1.165, 1.54) is 22.5 Å². The number of hydrogen-bond donors (Lipinski definition) is 1. The van der Waals surface area contributed by atoms with Crippen LogP contribution < -0.4 is 5.32 Å². The van der Waals surface area contributed by atoms with E-state index in [1.807, 2.05) is 0 Å². The maximum Gasteiger partial charge on any atom is 0.338 e. The van der Waals surface area contributed by atoms with E-state index in [2.05, 4.69) is 5.32 Å². The highest BCUT2D eigenvalue weighted by Gasteiger charge is 2.27. The average Bonchev–Trinajstić information content (AvgIpc) is 2.74. The van der Waals surface area contributed by atoms with E-state index in [0.29, 0.717) is 24.3 Å². The largest absolute Gasteiger partial charge is 0.452 e. The number of amides is 1. The number of aryl methyl sites for hydroxylation is 1. The predicted octanol–water partition coefficient (Wildman–Crippen LogP) is 3.10. The molecule has 0 aromatic heterocycles. The molecule has 0 unspecified atom stereocenters. The summed E-state index contributed by atoms with van der Waals surface area (Å²) in [5.41, 5.74) is 0.995. The summed E-state index contributed by atoms with van der Waals surface area (Å²) < 4.78 is 45.2. The number of nitrogens with zero attached hydrogens (tertiary/aromatic N) is 1. The summed E-state index contributed by atoms with van der Waals surface area (Å²) in [4.78, 5) is 24.2. The van der Waals surface area contributed by atoms with E-state index in [1.54, 1.807) is 19.1 Å². The summed E-state index contributed by atoms with van der Waals surface area (Å²) in [7, 11) is -3.65. The molecule has 0 saturated carbocycles. The molecule has 0 spiro atoms. The fourth-order valence-electron chi connectivity index (χ4n) is 3.20. The van der Waals surface area contributed by atoms with E-state index >= 15 is 0 Å². The normalized spacial score (nSPS) is 14.9. The van der Waals surface area contributed by atoms with Gasteiger partial charge in [-0.25, -0.2) is 17.6 Å². The van der Waals surface area contributed by atoms with Crippen LogP contribution in [0.25, 0.3) is 0 Å². The van der Waals surface area contributed by atoms with Crippen LogP contribution in [0.1, 0.15) is 35.2 Å². The van der Waals surface area contributed by atoms with Crippen LogP contribution in [-0.2, 0) is 19.6 Å². The highest BCUT2D eigenvalue weighted by molar-refractivity contribution is 7.89. The quantitative estimate of drug-likeness (QED) is 0.706. The van der Waals surface area contributed by atoms with E-state index < -0.39 is 34.3 Å². The van der Waals surface area contributed by atoms with Crippen LogP contribution in [0.2, 0.25) is 0 Å². The Morgan fingerprint density at radius 3 is 2.40 bits per heavy atom. The molecule has 7 nitrogen and oxygen atoms in total. The van der Waals surface area contributed by atoms with Crippen LogP contribution in [0.3, 0.4) is 0 Å². The Bertz CT molecular complexity index is 1030. The third kappa shape index (κ3) is 5.22. The first-order valence-electron chi connectivity index (χ1n) is 9.61. The molecule has 3 rings (SSSR count). The van der Waals surface area contributed by atoms with Gasteiger partial charge in [-0.05, 0) is 61.7 Å². The lowest BCUT2D eigenvalue weighted by molar-refractivity contribution is -0.119. The molecule has 1 N–H and O–H groups in total. The van der Waals surface area contributed by atoms with Crippen LogP contribution in [0.4, 0.5) is 10.1 Å². The van der Waals surface area contributed by atoms with Gasteiger partial charge in [0.2, 0.25) is 10.0 Å². The minimum absolute atomic E-state index is 0.120. The maximum absolute atomic E-state index is 13.0. The van der Waals surface area contributed by atoms with Gasteiger partial charge in [0.1, 0.15) is 5.82 Å². The summed E-state index contributed by atoms with van der Waals surface area (Å²) in [6.07, 6.45) is 2.67. The van der Waals surface area contributed by atoms with E-state index in [4.69, 9.17) is 4.74 Å².